The number of benzene rings is 6. The molecule has 1 aliphatic carbocycles. The van der Waals surface area contributed by atoms with Gasteiger partial charge in [0, 0.05) is 16.7 Å². The Morgan fingerprint density at radius 3 is 1.51 bits per heavy atom. The van der Waals surface area contributed by atoms with E-state index in [-0.39, 0.29) is 0 Å². The van der Waals surface area contributed by atoms with Crippen LogP contribution in [0.2, 0.25) is 0 Å². The van der Waals surface area contributed by atoms with Gasteiger partial charge in [0.2, 0.25) is 0 Å². The van der Waals surface area contributed by atoms with E-state index < -0.39 is 0 Å². The van der Waals surface area contributed by atoms with Gasteiger partial charge in [0.05, 0.1) is 0 Å². The Morgan fingerprint density at radius 1 is 0.326 bits per heavy atom. The van der Waals surface area contributed by atoms with Gasteiger partial charge in [-0.05, 0) is 63.1 Å². The Hall–Kier alpha value is -5.67. The molecule has 6 aromatic carbocycles. The van der Waals surface area contributed by atoms with Gasteiger partial charge in [-0.2, -0.15) is 0 Å². The normalized spacial score (nSPS) is 11.6. The second-order valence-electron chi connectivity index (χ2n) is 10.9. The minimum atomic E-state index is 0.661. The van der Waals surface area contributed by atoms with Crippen LogP contribution < -0.4 is 0 Å². The number of aromatic nitrogens is 3. The highest BCUT2D eigenvalue weighted by Gasteiger charge is 2.23. The van der Waals surface area contributed by atoms with E-state index in [1.165, 1.54) is 38.9 Å². The summed E-state index contributed by atoms with van der Waals surface area (Å²) in [6, 6.07) is 53.0. The zero-order chi connectivity index (χ0) is 28.6. The molecule has 0 unspecified atom stereocenters. The molecule has 0 saturated carbocycles. The molecule has 0 atom stereocenters. The van der Waals surface area contributed by atoms with Crippen molar-refractivity contribution < 1.29 is 0 Å². The fourth-order valence-electron chi connectivity index (χ4n) is 6.05. The molecule has 3 heteroatoms. The van der Waals surface area contributed by atoms with Crippen LogP contribution in [0.3, 0.4) is 0 Å². The van der Waals surface area contributed by atoms with Crippen LogP contribution in [0.4, 0.5) is 0 Å². The van der Waals surface area contributed by atoms with Gasteiger partial charge >= 0.3 is 0 Å². The van der Waals surface area contributed by atoms with Gasteiger partial charge in [-0.3, -0.25) is 0 Å². The second kappa shape index (κ2) is 10.6. The first-order valence-corrected chi connectivity index (χ1v) is 14.6. The van der Waals surface area contributed by atoms with Gasteiger partial charge in [-0.15, -0.1) is 0 Å². The van der Waals surface area contributed by atoms with Crippen LogP contribution >= 0.6 is 0 Å². The van der Waals surface area contributed by atoms with Crippen molar-refractivity contribution in [2.45, 2.75) is 6.42 Å². The largest absolute Gasteiger partial charge is 0.208 e. The molecule has 8 rings (SSSR count). The van der Waals surface area contributed by atoms with Crippen LogP contribution in [0.1, 0.15) is 11.1 Å². The smallest absolute Gasteiger partial charge is 0.164 e. The molecule has 7 aromatic rings. The Kier molecular flexibility index (Phi) is 6.20. The van der Waals surface area contributed by atoms with Crippen molar-refractivity contribution in [3.05, 3.63) is 163 Å². The highest BCUT2D eigenvalue weighted by atomic mass is 15.0. The van der Waals surface area contributed by atoms with Crippen molar-refractivity contribution >= 4 is 0 Å². The number of rotatable bonds is 5. The summed E-state index contributed by atoms with van der Waals surface area (Å²) < 4.78 is 0. The van der Waals surface area contributed by atoms with Gasteiger partial charge in [-0.1, -0.05) is 140 Å². The van der Waals surface area contributed by atoms with Crippen LogP contribution in [0, 0.1) is 0 Å². The fraction of sp³-hybridized carbons (Fsp3) is 0.0250. The molecule has 0 bridgehead atoms. The maximum absolute atomic E-state index is 4.97. The summed E-state index contributed by atoms with van der Waals surface area (Å²) in [6.45, 7) is 0. The summed E-state index contributed by atoms with van der Waals surface area (Å²) in [6.07, 6.45) is 0.946. The number of nitrogens with zero attached hydrogens (tertiary/aromatic N) is 3. The first-order chi connectivity index (χ1) is 21.3. The van der Waals surface area contributed by atoms with E-state index in [4.69, 9.17) is 15.0 Å². The molecule has 0 aliphatic heterocycles. The number of hydrogen-bond acceptors (Lipinski definition) is 3. The lowest BCUT2D eigenvalue weighted by atomic mass is 9.92. The quantitative estimate of drug-likeness (QED) is 0.214. The topological polar surface area (TPSA) is 38.7 Å². The van der Waals surface area contributed by atoms with E-state index in [1.807, 2.05) is 60.7 Å². The lowest BCUT2D eigenvalue weighted by Crippen LogP contribution is -2.00. The van der Waals surface area contributed by atoms with Crippen molar-refractivity contribution in [3.8, 4) is 67.5 Å². The van der Waals surface area contributed by atoms with Gasteiger partial charge in [0.1, 0.15) is 0 Å². The zero-order valence-electron chi connectivity index (χ0n) is 23.5. The van der Waals surface area contributed by atoms with E-state index in [0.717, 1.165) is 28.7 Å². The van der Waals surface area contributed by atoms with Crippen molar-refractivity contribution in [3.63, 3.8) is 0 Å². The molecule has 0 spiro atoms. The van der Waals surface area contributed by atoms with E-state index in [9.17, 15) is 0 Å². The number of fused-ring (bicyclic) bond motifs is 3. The molecule has 202 valence electrons. The summed E-state index contributed by atoms with van der Waals surface area (Å²) in [5.41, 5.74) is 13.1. The van der Waals surface area contributed by atoms with E-state index >= 15 is 0 Å². The van der Waals surface area contributed by atoms with Crippen LogP contribution in [0.5, 0.6) is 0 Å². The molecule has 43 heavy (non-hydrogen) atoms. The Bertz CT molecular complexity index is 2030. The first kappa shape index (κ1) is 25.1. The monoisotopic (exact) mass is 549 g/mol. The third-order valence-electron chi connectivity index (χ3n) is 8.15. The van der Waals surface area contributed by atoms with Gasteiger partial charge in [-0.25, -0.2) is 15.0 Å². The molecule has 1 aliphatic rings. The molecule has 3 nitrogen and oxygen atoms in total. The van der Waals surface area contributed by atoms with E-state index in [2.05, 4.69) is 91.0 Å². The van der Waals surface area contributed by atoms with Gasteiger partial charge in [0.25, 0.3) is 0 Å². The maximum Gasteiger partial charge on any atom is 0.164 e. The van der Waals surface area contributed by atoms with Crippen LogP contribution in [0.15, 0.2) is 152 Å². The van der Waals surface area contributed by atoms with Crippen molar-refractivity contribution in [1.29, 1.82) is 0 Å². The molecular formula is C40H27N3. The summed E-state index contributed by atoms with van der Waals surface area (Å²) in [4.78, 5) is 14.8. The highest BCUT2D eigenvalue weighted by Crippen LogP contribution is 2.45. The number of hydrogen-bond donors (Lipinski definition) is 0. The molecule has 0 fully saturated rings. The summed E-state index contributed by atoms with van der Waals surface area (Å²) in [7, 11) is 0. The van der Waals surface area contributed by atoms with Crippen LogP contribution in [0.25, 0.3) is 67.5 Å². The van der Waals surface area contributed by atoms with E-state index in [0.29, 0.717) is 17.5 Å². The second-order valence-corrected chi connectivity index (χ2v) is 10.9. The minimum Gasteiger partial charge on any atom is -0.208 e. The van der Waals surface area contributed by atoms with Crippen molar-refractivity contribution in [2.24, 2.45) is 0 Å². The Balaban J connectivity index is 1.25. The standard InChI is InChI=1S/C40H27N3/c1-4-12-27(13-5-1)30-22-23-32-24-33-19-11-21-35(37(33)36(32)26-30)31-18-10-20-34(25-31)40-42-38(28-14-6-2-7-15-28)41-39(43-40)29-16-8-3-9-17-29/h1-23,25-26H,24H2. The van der Waals surface area contributed by atoms with Crippen molar-refractivity contribution in [1.82, 2.24) is 15.0 Å². The zero-order valence-corrected chi connectivity index (χ0v) is 23.5. The third kappa shape index (κ3) is 4.71. The molecule has 0 amide bonds. The van der Waals surface area contributed by atoms with Gasteiger partial charge < -0.3 is 0 Å². The molecule has 1 aromatic heterocycles. The maximum atomic E-state index is 4.97. The van der Waals surface area contributed by atoms with Crippen LogP contribution in [-0.2, 0) is 6.42 Å². The average molecular weight is 550 g/mol. The Morgan fingerprint density at radius 2 is 0.860 bits per heavy atom. The first-order valence-electron chi connectivity index (χ1n) is 14.6. The Labute approximate surface area is 251 Å². The summed E-state index contributed by atoms with van der Waals surface area (Å²) in [5.74, 6) is 1.99. The molecule has 0 saturated heterocycles. The average Bonchev–Trinajstić information content (AvgIpc) is 3.47. The predicted molar refractivity (Wildman–Crippen MR) is 175 cm³/mol. The minimum absolute atomic E-state index is 0.661. The summed E-state index contributed by atoms with van der Waals surface area (Å²) in [5, 5.41) is 0. The lowest BCUT2D eigenvalue weighted by molar-refractivity contribution is 1.07. The molecule has 1 heterocycles. The van der Waals surface area contributed by atoms with Crippen LogP contribution in [-0.4, -0.2) is 15.0 Å². The predicted octanol–water partition coefficient (Wildman–Crippen LogP) is 9.78. The lowest BCUT2D eigenvalue weighted by Gasteiger charge is -2.13. The molecule has 0 radical (unpaired) electrons. The SMILES string of the molecule is c1ccc(-c2ccc3c(c2)-c2c(cccc2-c2cccc(-c4nc(-c5ccccc5)nc(-c5ccccc5)n4)c2)C3)cc1. The van der Waals surface area contributed by atoms with Gasteiger partial charge in [0.15, 0.2) is 17.5 Å². The highest BCUT2D eigenvalue weighted by molar-refractivity contribution is 5.92. The van der Waals surface area contributed by atoms with E-state index in [1.54, 1.807) is 0 Å². The third-order valence-corrected chi connectivity index (χ3v) is 8.15. The summed E-state index contributed by atoms with van der Waals surface area (Å²) >= 11 is 0. The molecular weight excluding hydrogens is 522 g/mol. The van der Waals surface area contributed by atoms with Crippen molar-refractivity contribution in [2.75, 3.05) is 0 Å². The molecule has 0 N–H and O–H groups in total. The fourth-order valence-corrected chi connectivity index (χ4v) is 6.05.